The molecule has 37 heavy (non-hydrogen) atoms. The number of likely N-dealkylation sites (tertiary alicyclic amines) is 1. The zero-order valence-corrected chi connectivity index (χ0v) is 21.4. The Morgan fingerprint density at radius 3 is 2.78 bits per heavy atom. The van der Waals surface area contributed by atoms with E-state index in [1.165, 1.54) is 12.0 Å². The summed E-state index contributed by atoms with van der Waals surface area (Å²) in [4.78, 5) is 48.1. The standard InChI is InChI=1S/C26H28N6O4S/c1-36-25(35)20-9-5-11-31(20)23(33)21-12-19-22(37-21)24(34)32(14-17-7-3-2-6-16(17)13-27)26(29-19)30-10-4-8-18(28)15-30/h2-3,6-7,12,18,20H,4-5,8-11,14-15,28H2,1H3/t18-,20?/m1/s1. The van der Waals surface area contributed by atoms with E-state index in [2.05, 4.69) is 6.07 Å². The number of hydrogen-bond acceptors (Lipinski definition) is 9. The van der Waals surface area contributed by atoms with Gasteiger partial charge < -0.3 is 20.3 Å². The molecule has 0 radical (unpaired) electrons. The predicted molar refractivity (Wildman–Crippen MR) is 140 cm³/mol. The summed E-state index contributed by atoms with van der Waals surface area (Å²) in [7, 11) is 1.31. The van der Waals surface area contributed by atoms with Crippen molar-refractivity contribution in [1.82, 2.24) is 14.5 Å². The molecule has 4 heterocycles. The van der Waals surface area contributed by atoms with E-state index in [-0.39, 0.29) is 24.1 Å². The van der Waals surface area contributed by atoms with E-state index >= 15 is 0 Å². The van der Waals surface area contributed by atoms with E-state index in [1.807, 2.05) is 17.0 Å². The first-order valence-electron chi connectivity index (χ1n) is 12.3. The molecular formula is C26H28N6O4S. The lowest BCUT2D eigenvalue weighted by molar-refractivity contribution is -0.145. The molecule has 0 spiro atoms. The number of anilines is 1. The number of esters is 1. The maximum absolute atomic E-state index is 13.8. The van der Waals surface area contributed by atoms with Crippen molar-refractivity contribution in [3.8, 4) is 6.07 Å². The molecule has 1 amide bonds. The zero-order chi connectivity index (χ0) is 26.1. The van der Waals surface area contributed by atoms with Crippen LogP contribution >= 0.6 is 11.3 Å². The molecular weight excluding hydrogens is 492 g/mol. The second kappa shape index (κ2) is 10.3. The van der Waals surface area contributed by atoms with Gasteiger partial charge in [-0.15, -0.1) is 11.3 Å². The molecule has 0 aliphatic carbocycles. The number of benzene rings is 1. The molecule has 2 aliphatic heterocycles. The maximum atomic E-state index is 13.8. The summed E-state index contributed by atoms with van der Waals surface area (Å²) < 4.78 is 6.81. The minimum Gasteiger partial charge on any atom is -0.467 e. The Balaban J connectivity index is 1.59. The molecule has 5 rings (SSSR count). The first-order chi connectivity index (χ1) is 17.9. The van der Waals surface area contributed by atoms with Crippen LogP contribution in [0.3, 0.4) is 0 Å². The number of carbonyl (C=O) groups excluding carboxylic acids is 2. The highest BCUT2D eigenvalue weighted by atomic mass is 32.1. The van der Waals surface area contributed by atoms with Crippen LogP contribution in [0.15, 0.2) is 35.1 Å². The number of amides is 1. The minimum atomic E-state index is -0.625. The fourth-order valence-corrected chi connectivity index (χ4v) is 6.15. The monoisotopic (exact) mass is 520 g/mol. The second-order valence-corrected chi connectivity index (χ2v) is 10.5. The summed E-state index contributed by atoms with van der Waals surface area (Å²) in [5, 5.41) is 9.58. The van der Waals surface area contributed by atoms with Crippen LogP contribution in [0.1, 0.15) is 46.5 Å². The molecule has 0 saturated carbocycles. The zero-order valence-electron chi connectivity index (χ0n) is 20.6. The van der Waals surface area contributed by atoms with E-state index < -0.39 is 12.0 Å². The first-order valence-corrected chi connectivity index (χ1v) is 13.1. The minimum absolute atomic E-state index is 0.0359. The van der Waals surface area contributed by atoms with Gasteiger partial charge >= 0.3 is 5.97 Å². The predicted octanol–water partition coefficient (Wildman–Crippen LogP) is 2.08. The molecule has 192 valence electrons. The topological polar surface area (TPSA) is 135 Å². The van der Waals surface area contributed by atoms with Crippen molar-refractivity contribution < 1.29 is 14.3 Å². The number of aromatic nitrogens is 2. The van der Waals surface area contributed by atoms with Crippen molar-refractivity contribution in [1.29, 1.82) is 5.26 Å². The van der Waals surface area contributed by atoms with Gasteiger partial charge in [0.05, 0.1) is 35.7 Å². The van der Waals surface area contributed by atoms with Gasteiger partial charge in [-0.05, 0) is 43.4 Å². The smallest absolute Gasteiger partial charge is 0.328 e. The number of thiophene rings is 1. The van der Waals surface area contributed by atoms with Crippen molar-refractivity contribution in [2.45, 2.75) is 44.3 Å². The van der Waals surface area contributed by atoms with Crippen LogP contribution in [-0.2, 0) is 16.1 Å². The van der Waals surface area contributed by atoms with Crippen LogP contribution in [0.4, 0.5) is 5.95 Å². The van der Waals surface area contributed by atoms with Crippen LogP contribution in [0.5, 0.6) is 0 Å². The first kappa shape index (κ1) is 24.9. The van der Waals surface area contributed by atoms with Gasteiger partial charge in [0, 0.05) is 25.7 Å². The molecule has 3 aromatic rings. The molecule has 1 aromatic carbocycles. The highest BCUT2D eigenvalue weighted by Crippen LogP contribution is 2.29. The van der Waals surface area contributed by atoms with Crippen molar-refractivity contribution in [3.05, 3.63) is 56.7 Å². The van der Waals surface area contributed by atoms with E-state index in [9.17, 15) is 19.6 Å². The second-order valence-electron chi connectivity index (χ2n) is 9.43. The van der Waals surface area contributed by atoms with Crippen LogP contribution < -0.4 is 16.2 Å². The third kappa shape index (κ3) is 4.70. The van der Waals surface area contributed by atoms with Gasteiger partial charge in [-0.25, -0.2) is 9.78 Å². The average molecular weight is 521 g/mol. The molecule has 11 heteroatoms. The van der Waals surface area contributed by atoms with E-state index in [4.69, 9.17) is 15.5 Å². The number of ether oxygens (including phenoxy) is 1. The van der Waals surface area contributed by atoms with Gasteiger partial charge in [0.15, 0.2) is 0 Å². The normalized spacial score (nSPS) is 19.7. The molecule has 2 saturated heterocycles. The number of hydrogen-bond donors (Lipinski definition) is 1. The highest BCUT2D eigenvalue weighted by molar-refractivity contribution is 7.20. The van der Waals surface area contributed by atoms with Gasteiger partial charge in [0.2, 0.25) is 5.95 Å². The van der Waals surface area contributed by atoms with E-state index in [1.54, 1.807) is 22.8 Å². The van der Waals surface area contributed by atoms with E-state index in [0.29, 0.717) is 64.6 Å². The number of rotatable bonds is 5. The Morgan fingerprint density at radius 1 is 1.24 bits per heavy atom. The SMILES string of the molecule is COC(=O)C1CCCN1C(=O)c1cc2nc(N3CCC[C@@H](N)C3)n(Cc3ccccc3C#N)c(=O)c2s1. The number of nitrogens with two attached hydrogens (primary N) is 1. The van der Waals surface area contributed by atoms with E-state index in [0.717, 1.165) is 24.2 Å². The lowest BCUT2D eigenvalue weighted by Crippen LogP contribution is -2.45. The summed E-state index contributed by atoms with van der Waals surface area (Å²) >= 11 is 1.08. The number of carbonyl (C=O) groups is 2. The molecule has 2 N–H and O–H groups in total. The number of nitriles is 1. The van der Waals surface area contributed by atoms with Crippen LogP contribution in [0.25, 0.3) is 10.2 Å². The molecule has 10 nitrogen and oxygen atoms in total. The largest absolute Gasteiger partial charge is 0.467 e. The Labute approximate surface area is 217 Å². The van der Waals surface area contributed by atoms with Crippen molar-refractivity contribution in [2.75, 3.05) is 31.6 Å². The van der Waals surface area contributed by atoms with Crippen molar-refractivity contribution in [2.24, 2.45) is 5.73 Å². The maximum Gasteiger partial charge on any atom is 0.328 e. The molecule has 2 fully saturated rings. The molecule has 2 aliphatic rings. The third-order valence-corrected chi connectivity index (χ3v) is 8.12. The fraction of sp³-hybridized carbons (Fsp3) is 0.423. The van der Waals surface area contributed by atoms with Crippen molar-refractivity contribution >= 4 is 39.4 Å². The summed E-state index contributed by atoms with van der Waals surface area (Å²) in [6, 6.07) is 10.3. The lowest BCUT2D eigenvalue weighted by Gasteiger charge is -2.33. The lowest BCUT2D eigenvalue weighted by atomic mass is 10.1. The van der Waals surface area contributed by atoms with Crippen LogP contribution in [0.2, 0.25) is 0 Å². The summed E-state index contributed by atoms with van der Waals surface area (Å²) in [6.07, 6.45) is 3.03. The summed E-state index contributed by atoms with van der Waals surface area (Å²) in [5.74, 6) is -0.267. The number of nitrogens with zero attached hydrogens (tertiary/aromatic N) is 5. The Hall–Kier alpha value is -3.75. The molecule has 1 unspecified atom stereocenters. The highest BCUT2D eigenvalue weighted by Gasteiger charge is 2.36. The third-order valence-electron chi connectivity index (χ3n) is 7.02. The Bertz CT molecular complexity index is 1460. The van der Waals surface area contributed by atoms with Crippen molar-refractivity contribution in [3.63, 3.8) is 0 Å². The van der Waals surface area contributed by atoms with Gasteiger partial charge in [0.25, 0.3) is 11.5 Å². The van der Waals surface area contributed by atoms with Crippen LogP contribution in [-0.4, -0.2) is 65.2 Å². The quantitative estimate of drug-likeness (QED) is 0.506. The summed E-state index contributed by atoms with van der Waals surface area (Å²) in [6.45, 7) is 1.88. The van der Waals surface area contributed by atoms with Gasteiger partial charge in [0.1, 0.15) is 10.7 Å². The van der Waals surface area contributed by atoms with Crippen LogP contribution in [0, 0.1) is 11.3 Å². The Morgan fingerprint density at radius 2 is 2.03 bits per heavy atom. The van der Waals surface area contributed by atoms with Gasteiger partial charge in [-0.2, -0.15) is 5.26 Å². The fourth-order valence-electron chi connectivity index (χ4n) is 5.15. The number of fused-ring (bicyclic) bond motifs is 1. The number of piperidine rings is 1. The molecule has 2 atom stereocenters. The Kier molecular flexibility index (Phi) is 6.95. The van der Waals surface area contributed by atoms with Gasteiger partial charge in [-0.1, -0.05) is 18.2 Å². The number of methoxy groups -OCH3 is 1. The average Bonchev–Trinajstić information content (AvgIpc) is 3.57. The summed E-state index contributed by atoms with van der Waals surface area (Å²) in [5.41, 5.74) is 7.60. The molecule has 2 aromatic heterocycles. The van der Waals surface area contributed by atoms with Gasteiger partial charge in [-0.3, -0.25) is 14.2 Å². The molecule has 0 bridgehead atoms.